The van der Waals surface area contributed by atoms with Crippen molar-refractivity contribution in [2.24, 2.45) is 5.92 Å². The SMILES string of the molecule is N#CC1CN(C(S)S)C1. The summed E-state index contributed by atoms with van der Waals surface area (Å²) in [5, 5.41) is 8.36. The summed E-state index contributed by atoms with van der Waals surface area (Å²) in [5.41, 5.74) is 0. The van der Waals surface area contributed by atoms with Crippen LogP contribution in [0.4, 0.5) is 0 Å². The summed E-state index contributed by atoms with van der Waals surface area (Å²) in [6, 6.07) is 2.18. The monoisotopic (exact) mass is 160 g/mol. The second kappa shape index (κ2) is 2.82. The van der Waals surface area contributed by atoms with E-state index in [0.717, 1.165) is 13.1 Å². The first-order valence-electron chi connectivity index (χ1n) is 2.74. The number of hydrogen-bond acceptors (Lipinski definition) is 4. The molecule has 1 heterocycles. The molecule has 1 fully saturated rings. The molecule has 1 aliphatic heterocycles. The Kier molecular flexibility index (Phi) is 2.28. The van der Waals surface area contributed by atoms with Crippen molar-refractivity contribution in [1.82, 2.24) is 4.90 Å². The quantitative estimate of drug-likeness (QED) is 0.434. The van der Waals surface area contributed by atoms with Gasteiger partial charge in [-0.25, -0.2) is 0 Å². The van der Waals surface area contributed by atoms with E-state index in [4.69, 9.17) is 5.26 Å². The number of thiol groups is 2. The van der Waals surface area contributed by atoms with Gasteiger partial charge in [-0.3, -0.25) is 4.90 Å². The molecule has 0 unspecified atom stereocenters. The highest BCUT2D eigenvalue weighted by molar-refractivity contribution is 7.99. The summed E-state index contributed by atoms with van der Waals surface area (Å²) in [6.07, 6.45) is 0. The highest BCUT2D eigenvalue weighted by Crippen LogP contribution is 2.20. The van der Waals surface area contributed by atoms with Gasteiger partial charge in [0.15, 0.2) is 0 Å². The van der Waals surface area contributed by atoms with E-state index in [9.17, 15) is 0 Å². The fourth-order valence-corrected chi connectivity index (χ4v) is 1.16. The van der Waals surface area contributed by atoms with Crippen molar-refractivity contribution in [3.8, 4) is 6.07 Å². The maximum absolute atomic E-state index is 8.36. The summed E-state index contributed by atoms with van der Waals surface area (Å²) in [5.74, 6) is 0.215. The number of nitriles is 1. The Hall–Kier alpha value is 0.150. The van der Waals surface area contributed by atoms with Crippen molar-refractivity contribution in [2.75, 3.05) is 13.1 Å². The number of hydrogen-bond donors (Lipinski definition) is 2. The van der Waals surface area contributed by atoms with E-state index >= 15 is 0 Å². The Morgan fingerprint density at radius 2 is 2.11 bits per heavy atom. The summed E-state index contributed by atoms with van der Waals surface area (Å²) >= 11 is 8.17. The molecule has 0 bridgehead atoms. The highest BCUT2D eigenvalue weighted by Gasteiger charge is 2.28. The lowest BCUT2D eigenvalue weighted by molar-refractivity contribution is 0.155. The van der Waals surface area contributed by atoms with Gasteiger partial charge in [0.05, 0.1) is 16.7 Å². The van der Waals surface area contributed by atoms with Gasteiger partial charge in [-0.15, -0.1) is 25.3 Å². The first-order valence-corrected chi connectivity index (χ1v) is 3.77. The van der Waals surface area contributed by atoms with Crippen LogP contribution >= 0.6 is 25.3 Å². The van der Waals surface area contributed by atoms with E-state index in [-0.39, 0.29) is 10.6 Å². The van der Waals surface area contributed by atoms with Crippen LogP contribution in [0.25, 0.3) is 0 Å². The summed E-state index contributed by atoms with van der Waals surface area (Å²) in [4.78, 5) is 2.03. The van der Waals surface area contributed by atoms with Crippen LogP contribution in [-0.2, 0) is 0 Å². The Labute approximate surface area is 65.7 Å². The smallest absolute Gasteiger partial charge is 0.0970 e. The van der Waals surface area contributed by atoms with Gasteiger partial charge in [0.25, 0.3) is 0 Å². The van der Waals surface area contributed by atoms with E-state index < -0.39 is 0 Å². The lowest BCUT2D eigenvalue weighted by atomic mass is 10.0. The average Bonchev–Trinajstić information content (AvgIpc) is 1.61. The summed E-state index contributed by atoms with van der Waals surface area (Å²) < 4.78 is 0.00889. The Bertz CT molecular complexity index is 134. The van der Waals surface area contributed by atoms with Gasteiger partial charge in [-0.1, -0.05) is 0 Å². The van der Waals surface area contributed by atoms with Crippen molar-refractivity contribution in [3.63, 3.8) is 0 Å². The minimum absolute atomic E-state index is 0.00889. The molecule has 9 heavy (non-hydrogen) atoms. The maximum atomic E-state index is 8.36. The molecule has 1 rings (SSSR count). The molecule has 0 aromatic carbocycles. The predicted octanol–water partition coefficient (Wildman–Crippen LogP) is 0.585. The molecule has 0 N–H and O–H groups in total. The van der Waals surface area contributed by atoms with Gasteiger partial charge in [0.1, 0.15) is 0 Å². The Balaban J connectivity index is 2.21. The number of nitrogens with zero attached hydrogens (tertiary/aromatic N) is 2. The van der Waals surface area contributed by atoms with Crippen LogP contribution in [-0.4, -0.2) is 22.7 Å². The van der Waals surface area contributed by atoms with Gasteiger partial charge in [0.2, 0.25) is 0 Å². The van der Waals surface area contributed by atoms with Crippen LogP contribution in [0.5, 0.6) is 0 Å². The molecular weight excluding hydrogens is 152 g/mol. The number of rotatable bonds is 1. The fourth-order valence-electron chi connectivity index (χ4n) is 0.783. The second-order valence-electron chi connectivity index (χ2n) is 2.13. The highest BCUT2D eigenvalue weighted by atomic mass is 32.2. The molecule has 0 aliphatic carbocycles. The zero-order chi connectivity index (χ0) is 6.85. The van der Waals surface area contributed by atoms with Crippen LogP contribution in [0, 0.1) is 17.2 Å². The molecule has 0 saturated carbocycles. The first kappa shape index (κ1) is 7.26. The third-order valence-electron chi connectivity index (χ3n) is 1.42. The third-order valence-corrected chi connectivity index (χ3v) is 2.07. The Morgan fingerprint density at radius 3 is 2.44 bits per heavy atom. The van der Waals surface area contributed by atoms with E-state index in [1.807, 2.05) is 4.90 Å². The molecule has 50 valence electrons. The molecule has 0 aromatic rings. The molecule has 0 spiro atoms. The predicted molar refractivity (Wildman–Crippen MR) is 42.4 cm³/mol. The molecular formula is C5H8N2S2. The third kappa shape index (κ3) is 1.54. The van der Waals surface area contributed by atoms with E-state index in [1.54, 1.807) is 0 Å². The normalized spacial score (nSPS) is 21.6. The van der Waals surface area contributed by atoms with Crippen molar-refractivity contribution >= 4 is 25.3 Å². The molecule has 0 amide bonds. The van der Waals surface area contributed by atoms with E-state index in [1.165, 1.54) is 0 Å². The van der Waals surface area contributed by atoms with Crippen LogP contribution in [0.2, 0.25) is 0 Å². The average molecular weight is 160 g/mol. The van der Waals surface area contributed by atoms with E-state index in [0.29, 0.717) is 0 Å². The lowest BCUT2D eigenvalue weighted by Crippen LogP contribution is -2.47. The van der Waals surface area contributed by atoms with Crippen molar-refractivity contribution in [3.05, 3.63) is 0 Å². The Morgan fingerprint density at radius 1 is 1.56 bits per heavy atom. The van der Waals surface area contributed by atoms with Crippen LogP contribution in [0.15, 0.2) is 0 Å². The number of likely N-dealkylation sites (tertiary alicyclic amines) is 1. The maximum Gasteiger partial charge on any atom is 0.0970 e. The summed E-state index contributed by atoms with van der Waals surface area (Å²) in [7, 11) is 0. The zero-order valence-electron chi connectivity index (χ0n) is 4.86. The molecule has 4 heteroatoms. The first-order chi connectivity index (χ1) is 4.24. The van der Waals surface area contributed by atoms with Gasteiger partial charge in [-0.05, 0) is 0 Å². The molecule has 2 nitrogen and oxygen atoms in total. The van der Waals surface area contributed by atoms with Crippen molar-refractivity contribution < 1.29 is 0 Å². The van der Waals surface area contributed by atoms with Crippen molar-refractivity contribution in [2.45, 2.75) is 4.71 Å². The minimum Gasteiger partial charge on any atom is -0.281 e. The lowest BCUT2D eigenvalue weighted by Gasteiger charge is -2.37. The largest absolute Gasteiger partial charge is 0.281 e. The second-order valence-corrected chi connectivity index (χ2v) is 3.51. The zero-order valence-corrected chi connectivity index (χ0v) is 6.65. The van der Waals surface area contributed by atoms with E-state index in [2.05, 4.69) is 31.3 Å². The molecule has 1 aliphatic rings. The van der Waals surface area contributed by atoms with Gasteiger partial charge >= 0.3 is 0 Å². The molecule has 0 aromatic heterocycles. The van der Waals surface area contributed by atoms with Crippen LogP contribution in [0.1, 0.15) is 0 Å². The molecule has 0 atom stereocenters. The minimum atomic E-state index is 0.00889. The summed E-state index contributed by atoms with van der Waals surface area (Å²) in [6.45, 7) is 1.66. The standard InChI is InChI=1S/C5H8N2S2/c6-1-4-2-7(3-4)5(8)9/h4-5,8-9H,2-3H2. The molecule has 0 radical (unpaired) electrons. The fraction of sp³-hybridized carbons (Fsp3) is 0.800. The van der Waals surface area contributed by atoms with Gasteiger partial charge in [-0.2, -0.15) is 5.26 Å². The van der Waals surface area contributed by atoms with Crippen LogP contribution < -0.4 is 0 Å². The topological polar surface area (TPSA) is 27.0 Å². The van der Waals surface area contributed by atoms with Gasteiger partial charge in [0, 0.05) is 13.1 Å². The van der Waals surface area contributed by atoms with Crippen LogP contribution in [0.3, 0.4) is 0 Å². The van der Waals surface area contributed by atoms with Gasteiger partial charge < -0.3 is 0 Å². The van der Waals surface area contributed by atoms with Crippen molar-refractivity contribution in [1.29, 1.82) is 5.26 Å². The molecule has 1 saturated heterocycles.